The van der Waals surface area contributed by atoms with E-state index in [1.165, 1.54) is 17.2 Å². The molecule has 12 unspecified atom stereocenters. The number of esters is 1. The van der Waals surface area contributed by atoms with Gasteiger partial charge in [0.1, 0.15) is 35.7 Å². The Morgan fingerprint density at radius 2 is 1.68 bits per heavy atom. The number of allylic oxidation sites excluding steroid dienone is 5. The highest BCUT2D eigenvalue weighted by Gasteiger charge is 2.57. The largest absolute Gasteiger partial charge is 0.508 e. The quantitative estimate of drug-likeness (QED) is 0.0750. The molecule has 77 heavy (non-hydrogen) atoms. The normalized spacial score (nSPS) is 35.3. The van der Waals surface area contributed by atoms with Crippen LogP contribution in [0.2, 0.25) is 0 Å². The van der Waals surface area contributed by atoms with Crippen molar-refractivity contribution in [3.05, 3.63) is 77.4 Å². The maximum Gasteiger partial charge on any atom is 0.325 e. The summed E-state index contributed by atoms with van der Waals surface area (Å²) in [6.07, 6.45) is 12.2. The number of aliphatic hydroxyl groups is 4. The predicted octanol–water partition coefficient (Wildman–Crippen LogP) is 6.15. The van der Waals surface area contributed by atoms with E-state index in [1.807, 2.05) is 59.8 Å². The van der Waals surface area contributed by atoms with Crippen molar-refractivity contribution in [2.45, 2.75) is 207 Å². The van der Waals surface area contributed by atoms with Crippen molar-refractivity contribution in [1.82, 2.24) is 26.4 Å². The molecule has 4 heterocycles. The third-order valence-corrected chi connectivity index (χ3v) is 17.0. The van der Waals surface area contributed by atoms with E-state index in [4.69, 9.17) is 9.47 Å². The van der Waals surface area contributed by atoms with Crippen LogP contribution in [0.1, 0.15) is 145 Å². The maximum atomic E-state index is 14.6. The molecule has 4 aliphatic heterocycles. The number of benzene rings is 1. The summed E-state index contributed by atoms with van der Waals surface area (Å²) in [7, 11) is 0. The lowest BCUT2D eigenvalue weighted by Crippen LogP contribution is -2.71. The molecule has 5 rings (SSSR count). The number of ether oxygens (including phenoxy) is 2. The van der Waals surface area contributed by atoms with Gasteiger partial charge in [-0.25, -0.2) is 5.43 Å². The zero-order valence-corrected chi connectivity index (χ0v) is 47.6. The van der Waals surface area contributed by atoms with Crippen LogP contribution < -0.4 is 21.4 Å². The number of carbonyl (C=O) groups excluding carboxylic acids is 5. The molecule has 1 aromatic carbocycles. The van der Waals surface area contributed by atoms with Gasteiger partial charge in [0.05, 0.1) is 36.4 Å². The van der Waals surface area contributed by atoms with Crippen molar-refractivity contribution in [3.8, 4) is 5.75 Å². The first-order valence-electron chi connectivity index (χ1n) is 28.5. The van der Waals surface area contributed by atoms with Crippen LogP contribution in [-0.4, -0.2) is 127 Å². The second kappa shape index (κ2) is 28.8. The van der Waals surface area contributed by atoms with Crippen molar-refractivity contribution in [2.24, 2.45) is 47.3 Å². The number of nitrogens with one attached hydrogen (secondary N) is 4. The number of nitrogens with zero attached hydrogens (tertiary/aromatic N) is 1. The van der Waals surface area contributed by atoms with Crippen molar-refractivity contribution >= 4 is 29.6 Å². The van der Waals surface area contributed by atoms with Gasteiger partial charge in [-0.1, -0.05) is 123 Å². The van der Waals surface area contributed by atoms with Crippen LogP contribution in [0, 0.1) is 54.3 Å². The third kappa shape index (κ3) is 16.1. The first-order valence-corrected chi connectivity index (χ1v) is 28.5. The Bertz CT molecular complexity index is 2280. The Morgan fingerprint density at radius 1 is 0.948 bits per heavy atom. The molecule has 3 fully saturated rings. The van der Waals surface area contributed by atoms with Crippen LogP contribution in [0.3, 0.4) is 0 Å². The van der Waals surface area contributed by atoms with Gasteiger partial charge in [-0.3, -0.25) is 29.0 Å². The number of aromatic hydroxyl groups is 1. The Hall–Kier alpha value is -4.91. The van der Waals surface area contributed by atoms with E-state index in [0.29, 0.717) is 56.1 Å². The lowest BCUT2D eigenvalue weighted by atomic mass is 9.69. The molecule has 0 saturated carbocycles. The predicted molar refractivity (Wildman–Crippen MR) is 295 cm³/mol. The fraction of sp³-hybridized carbons (Fsp3) is 0.683. The molecule has 1 spiro atoms. The second-order valence-electron chi connectivity index (χ2n) is 23.2. The van der Waals surface area contributed by atoms with E-state index in [1.54, 1.807) is 58.1 Å². The summed E-state index contributed by atoms with van der Waals surface area (Å²) in [6.45, 7) is 20.8. The minimum atomic E-state index is -1.27. The molecular formula is C60H93N5O12. The van der Waals surface area contributed by atoms with Crippen LogP contribution in [0.25, 0.3) is 0 Å². The Balaban J connectivity index is 1.34. The van der Waals surface area contributed by atoms with Gasteiger partial charge >= 0.3 is 5.97 Å². The number of cyclic esters (lactones) is 1. The summed E-state index contributed by atoms with van der Waals surface area (Å²) in [4.78, 5) is 70.0. The number of hydrogen-bond acceptors (Lipinski definition) is 13. The van der Waals surface area contributed by atoms with Crippen molar-refractivity contribution in [2.75, 3.05) is 6.54 Å². The van der Waals surface area contributed by atoms with E-state index in [-0.39, 0.29) is 67.1 Å². The number of phenols is 1. The summed E-state index contributed by atoms with van der Waals surface area (Å²) in [5, 5.41) is 66.4. The molecular weight excluding hydrogens is 983 g/mol. The van der Waals surface area contributed by atoms with Gasteiger partial charge in [0.25, 0.3) is 5.91 Å². The average Bonchev–Trinajstić information content (AvgIpc) is 3.42. The molecule has 0 aromatic heterocycles. The van der Waals surface area contributed by atoms with E-state index < -0.39 is 102 Å². The van der Waals surface area contributed by atoms with Crippen molar-refractivity contribution in [1.29, 1.82) is 0 Å². The standard InChI is InChI=1S/C60H93N5O12/c1-12-21-44-54(70)39(9)47(66)25-18-15-19-26-50(37(7)23-17-14-16-22-35(5)49(68)33-51-40(10)53(69)41(11)60(77-51)38(8)30-43(13-2)55(71)63-60)76-59(75)45-24-20-29-65(64-45)58(74)46(31-42-28-27-36(6)48(67)32-42)61-57(73)52(34(3)4)62-56(44)72/h14-15,17-19,23,25,27-28,32,34-35,38-41,43-47,49-54,64,66-70H,12-13,16,20-22,24,26,29-31,33H2,1-11H3,(H,61,73)(H,62,72)(H,63,71)/b17-14+,19-15+,25-18+,37-23+/t35?,38-,39?,40?,41?,43?,44?,45?,46?,47-,49?,50-,51-,52?,53?,54?,60+/m0/s1. The highest BCUT2D eigenvalue weighted by Crippen LogP contribution is 2.46. The van der Waals surface area contributed by atoms with Gasteiger partial charge in [-0.2, -0.15) is 0 Å². The number of aliphatic hydroxyl groups excluding tert-OH is 4. The molecule has 2 bridgehead atoms. The molecule has 4 aliphatic rings. The number of piperidine rings is 1. The molecule has 3 saturated heterocycles. The molecule has 0 radical (unpaired) electrons. The van der Waals surface area contributed by atoms with Gasteiger partial charge in [-0.05, 0) is 93.4 Å². The summed E-state index contributed by atoms with van der Waals surface area (Å²) in [5.41, 5.74) is 4.00. The zero-order chi connectivity index (χ0) is 56.9. The summed E-state index contributed by atoms with van der Waals surface area (Å²) < 4.78 is 12.9. The number of aryl methyl sites for hydroxylation is 1. The molecule has 17 atom stereocenters. The highest BCUT2D eigenvalue weighted by molar-refractivity contribution is 5.93. The Morgan fingerprint density at radius 3 is 2.35 bits per heavy atom. The Kier molecular flexibility index (Phi) is 23.5. The number of hydrazine groups is 1. The van der Waals surface area contributed by atoms with Crippen LogP contribution in [0.4, 0.5) is 0 Å². The highest BCUT2D eigenvalue weighted by atomic mass is 16.5. The number of amides is 4. The van der Waals surface area contributed by atoms with Crippen molar-refractivity contribution < 1.29 is 59.0 Å². The number of hydrogen-bond donors (Lipinski definition) is 9. The fourth-order valence-electron chi connectivity index (χ4n) is 11.4. The van der Waals surface area contributed by atoms with Crippen LogP contribution in [0.5, 0.6) is 5.75 Å². The fourth-order valence-corrected chi connectivity index (χ4v) is 11.4. The topological polar surface area (TPSA) is 256 Å². The van der Waals surface area contributed by atoms with Crippen LogP contribution in [0.15, 0.2) is 66.3 Å². The average molecular weight is 1080 g/mol. The monoisotopic (exact) mass is 1080 g/mol. The minimum Gasteiger partial charge on any atom is -0.508 e. The van der Waals surface area contributed by atoms with E-state index >= 15 is 0 Å². The number of phenolic OH excluding ortho intramolecular Hbond substituents is 1. The molecule has 0 aliphatic carbocycles. The van der Waals surface area contributed by atoms with E-state index in [9.17, 15) is 49.5 Å². The summed E-state index contributed by atoms with van der Waals surface area (Å²) in [6, 6.07) is 1.80. The van der Waals surface area contributed by atoms with Gasteiger partial charge in [0.15, 0.2) is 0 Å². The van der Waals surface area contributed by atoms with E-state index in [2.05, 4.69) is 28.3 Å². The van der Waals surface area contributed by atoms with Crippen molar-refractivity contribution in [3.63, 3.8) is 0 Å². The van der Waals surface area contributed by atoms with Gasteiger partial charge in [0, 0.05) is 55.4 Å². The van der Waals surface area contributed by atoms with Gasteiger partial charge in [-0.15, -0.1) is 0 Å². The number of rotatable bonds is 14. The zero-order valence-electron chi connectivity index (χ0n) is 47.6. The van der Waals surface area contributed by atoms with Crippen LogP contribution in [-0.2, 0) is 39.9 Å². The minimum absolute atomic E-state index is 0.0173. The second-order valence-corrected chi connectivity index (χ2v) is 23.2. The molecule has 17 heteroatoms. The SMILES string of the molecule is CCCC1C(=O)NC(C(C)C)C(=O)NC(Cc2ccc(C)c(O)c2)C(=O)N2CCCC(N2)C(=O)O[C@H](/C(C)=C/C=C/CCC(C)C(O)C[C@@H]2O[C@@]3(NC(=O)C(CC)C[C@@H]3C)C(C)C(O)C2C)C/C=C/C=C/[C@H](O)C(C)C1O. The lowest BCUT2D eigenvalue weighted by molar-refractivity contribution is -0.267. The number of carbonyl (C=O) groups is 5. The Labute approximate surface area is 457 Å². The van der Waals surface area contributed by atoms with Gasteiger partial charge in [0.2, 0.25) is 17.7 Å². The number of fused-ring (bicyclic) bond motifs is 2. The molecule has 430 valence electrons. The smallest absolute Gasteiger partial charge is 0.325 e. The summed E-state index contributed by atoms with van der Waals surface area (Å²) >= 11 is 0. The maximum absolute atomic E-state index is 14.6. The molecule has 4 amide bonds. The van der Waals surface area contributed by atoms with Crippen LogP contribution >= 0.6 is 0 Å². The first-order chi connectivity index (χ1) is 36.4. The van der Waals surface area contributed by atoms with E-state index in [0.717, 1.165) is 12.0 Å². The van der Waals surface area contributed by atoms with Gasteiger partial charge < -0.3 is 51.0 Å². The molecule has 1 aromatic rings. The first kappa shape index (κ1) is 62.9. The molecule has 17 nitrogen and oxygen atoms in total. The lowest BCUT2D eigenvalue weighted by Gasteiger charge is -2.56. The summed E-state index contributed by atoms with van der Waals surface area (Å²) in [5.74, 6) is -5.31. The molecule has 9 N–H and O–H groups in total. The third-order valence-electron chi connectivity index (χ3n) is 17.0.